The minimum atomic E-state index is -1.58. The van der Waals surface area contributed by atoms with Crippen molar-refractivity contribution in [1.82, 2.24) is 5.32 Å². The Bertz CT molecular complexity index is 1120. The number of unbranched alkanes of at least 4 members (excludes halogenated alkanes) is 29. The summed E-state index contributed by atoms with van der Waals surface area (Å²) in [6, 6.07) is -0.833. The first-order chi connectivity index (χ1) is 31.2. The maximum atomic E-state index is 13.0. The molecule has 6 N–H and O–H groups in total. The van der Waals surface area contributed by atoms with Crippen LogP contribution in [0.4, 0.5) is 0 Å². The Kier molecular flexibility index (Phi) is 41.1. The monoisotopic (exact) mass is 910 g/mol. The predicted molar refractivity (Wildman–Crippen MR) is 260 cm³/mol. The molecular weight excluding hydrogens is 811 g/mol. The van der Waals surface area contributed by atoms with Crippen LogP contribution in [0, 0.1) is 0 Å². The second-order valence-corrected chi connectivity index (χ2v) is 18.6. The van der Waals surface area contributed by atoms with Gasteiger partial charge in [-0.25, -0.2) is 0 Å². The van der Waals surface area contributed by atoms with E-state index in [1.807, 2.05) is 6.08 Å². The maximum absolute atomic E-state index is 13.0. The normalized spacial score (nSPS) is 20.0. The van der Waals surface area contributed by atoms with Gasteiger partial charge in [0.1, 0.15) is 24.4 Å². The van der Waals surface area contributed by atoms with E-state index >= 15 is 0 Å². The van der Waals surface area contributed by atoms with Crippen LogP contribution in [-0.4, -0.2) is 100 Å². The van der Waals surface area contributed by atoms with Crippen molar-refractivity contribution < 1.29 is 49.3 Å². The molecule has 1 aliphatic rings. The molecule has 64 heavy (non-hydrogen) atoms. The van der Waals surface area contributed by atoms with Crippen molar-refractivity contribution in [2.45, 2.75) is 281 Å². The molecule has 376 valence electrons. The molecule has 1 aliphatic heterocycles. The minimum Gasteiger partial charge on any atom is -0.466 e. The average Bonchev–Trinajstić information content (AvgIpc) is 3.29. The lowest BCUT2D eigenvalue weighted by Gasteiger charge is -2.40. The summed E-state index contributed by atoms with van der Waals surface area (Å²) in [7, 11) is 0. The van der Waals surface area contributed by atoms with E-state index < -0.39 is 49.5 Å². The van der Waals surface area contributed by atoms with E-state index in [0.29, 0.717) is 19.4 Å². The van der Waals surface area contributed by atoms with Crippen molar-refractivity contribution in [2.24, 2.45) is 0 Å². The van der Waals surface area contributed by atoms with Gasteiger partial charge in [-0.2, -0.15) is 0 Å². The zero-order valence-electron chi connectivity index (χ0n) is 41.0. The van der Waals surface area contributed by atoms with Gasteiger partial charge in [0.2, 0.25) is 5.91 Å². The highest BCUT2D eigenvalue weighted by atomic mass is 16.7. The van der Waals surface area contributed by atoms with Crippen LogP contribution in [0.15, 0.2) is 24.3 Å². The number of aliphatic hydroxyl groups excluding tert-OH is 5. The lowest BCUT2D eigenvalue weighted by atomic mass is 9.99. The Morgan fingerprint density at radius 1 is 0.562 bits per heavy atom. The molecule has 0 radical (unpaired) electrons. The minimum absolute atomic E-state index is 0.0244. The lowest BCUT2D eigenvalue weighted by Crippen LogP contribution is -2.60. The molecule has 1 fully saturated rings. The average molecular weight is 910 g/mol. The lowest BCUT2D eigenvalue weighted by molar-refractivity contribution is -0.302. The highest BCUT2D eigenvalue weighted by Gasteiger charge is 2.44. The molecule has 1 saturated heterocycles. The summed E-state index contributed by atoms with van der Waals surface area (Å²) in [6.07, 6.45) is 39.7. The van der Waals surface area contributed by atoms with Crippen LogP contribution in [0.1, 0.15) is 239 Å². The van der Waals surface area contributed by atoms with Crippen LogP contribution in [0.2, 0.25) is 0 Å². The van der Waals surface area contributed by atoms with E-state index in [9.17, 15) is 35.1 Å². The zero-order chi connectivity index (χ0) is 46.7. The fourth-order valence-electron chi connectivity index (χ4n) is 8.27. The molecule has 0 aromatic heterocycles. The molecule has 0 spiro atoms. The summed E-state index contributed by atoms with van der Waals surface area (Å²) in [4.78, 5) is 25.0. The second kappa shape index (κ2) is 43.7. The van der Waals surface area contributed by atoms with Crippen molar-refractivity contribution in [2.75, 3.05) is 19.8 Å². The quantitative estimate of drug-likeness (QED) is 0.0196. The molecule has 1 amide bonds. The highest BCUT2D eigenvalue weighted by Crippen LogP contribution is 2.23. The van der Waals surface area contributed by atoms with Gasteiger partial charge in [-0.1, -0.05) is 205 Å². The molecule has 1 rings (SSSR count). The number of aliphatic hydroxyl groups is 5. The van der Waals surface area contributed by atoms with E-state index in [1.54, 1.807) is 6.08 Å². The van der Waals surface area contributed by atoms with Gasteiger partial charge in [0, 0.05) is 12.8 Å². The molecule has 0 aliphatic carbocycles. The van der Waals surface area contributed by atoms with E-state index in [-0.39, 0.29) is 18.5 Å². The van der Waals surface area contributed by atoms with Crippen molar-refractivity contribution in [3.05, 3.63) is 24.3 Å². The smallest absolute Gasteiger partial charge is 0.305 e. The molecular formula is C53H99NO10. The van der Waals surface area contributed by atoms with Gasteiger partial charge in [-0.05, 0) is 44.9 Å². The van der Waals surface area contributed by atoms with E-state index in [1.165, 1.54) is 141 Å². The fraction of sp³-hybridized carbons (Fsp3) is 0.887. The van der Waals surface area contributed by atoms with E-state index in [4.69, 9.17) is 14.2 Å². The number of carbonyl (C=O) groups excluding carboxylic acids is 2. The topological polar surface area (TPSA) is 175 Å². The van der Waals surface area contributed by atoms with Gasteiger partial charge in [-0.3, -0.25) is 9.59 Å². The Morgan fingerprint density at radius 2 is 1.02 bits per heavy atom. The summed E-state index contributed by atoms with van der Waals surface area (Å²) >= 11 is 0. The van der Waals surface area contributed by atoms with Crippen molar-refractivity contribution in [3.63, 3.8) is 0 Å². The molecule has 7 unspecified atom stereocenters. The third-order valence-electron chi connectivity index (χ3n) is 12.6. The Hall–Kier alpha value is -1.86. The first-order valence-corrected chi connectivity index (χ1v) is 26.6. The van der Waals surface area contributed by atoms with Crippen molar-refractivity contribution in [3.8, 4) is 0 Å². The van der Waals surface area contributed by atoms with Gasteiger partial charge >= 0.3 is 5.97 Å². The summed E-state index contributed by atoms with van der Waals surface area (Å²) in [5.41, 5.74) is 0. The Labute approximate surface area is 391 Å². The second-order valence-electron chi connectivity index (χ2n) is 18.6. The third kappa shape index (κ3) is 33.6. The largest absolute Gasteiger partial charge is 0.466 e. The number of rotatable bonds is 45. The molecule has 0 bridgehead atoms. The van der Waals surface area contributed by atoms with Crippen LogP contribution in [0.25, 0.3) is 0 Å². The summed E-state index contributed by atoms with van der Waals surface area (Å²) in [5.74, 6) is -0.228. The van der Waals surface area contributed by atoms with Gasteiger partial charge < -0.3 is 45.1 Å². The molecule has 0 aromatic carbocycles. The van der Waals surface area contributed by atoms with Crippen LogP contribution in [0.3, 0.4) is 0 Å². The highest BCUT2D eigenvalue weighted by molar-refractivity contribution is 5.76. The van der Waals surface area contributed by atoms with Crippen LogP contribution in [0.5, 0.6) is 0 Å². The number of carbonyl (C=O) groups is 2. The molecule has 1 heterocycles. The van der Waals surface area contributed by atoms with Crippen molar-refractivity contribution >= 4 is 11.9 Å². The summed E-state index contributed by atoms with van der Waals surface area (Å²) < 4.78 is 16.6. The summed E-state index contributed by atoms with van der Waals surface area (Å²) in [6.45, 7) is 4.26. The standard InChI is InChI=1S/C53H99NO10/c1-3-5-7-9-11-13-19-23-27-31-35-39-46(56)45(44-63-53-52(61)51(60)50(59)47(43-55)64-53)54-48(57)40-36-32-28-24-21-17-15-16-18-22-26-30-34-38-42-62-49(58)41-37-33-29-25-20-14-12-10-8-6-4-2/h19,23,35,39,45-47,50-53,55-56,59-61H,3-18,20-22,24-34,36-38,40-44H2,1-2H3,(H,54,57)/b23-19+,39-35+. The Morgan fingerprint density at radius 3 is 1.55 bits per heavy atom. The van der Waals surface area contributed by atoms with Crippen LogP contribution in [-0.2, 0) is 23.8 Å². The molecule has 0 saturated carbocycles. The number of hydrogen-bond donors (Lipinski definition) is 6. The van der Waals surface area contributed by atoms with Crippen LogP contribution < -0.4 is 5.32 Å². The maximum Gasteiger partial charge on any atom is 0.305 e. The Balaban J connectivity index is 2.16. The fourth-order valence-corrected chi connectivity index (χ4v) is 8.27. The number of esters is 1. The van der Waals surface area contributed by atoms with Gasteiger partial charge in [0.05, 0.1) is 32.0 Å². The number of nitrogens with one attached hydrogen (secondary N) is 1. The first-order valence-electron chi connectivity index (χ1n) is 26.6. The third-order valence-corrected chi connectivity index (χ3v) is 12.6. The predicted octanol–water partition coefficient (Wildman–Crippen LogP) is 11.0. The molecule has 11 nitrogen and oxygen atoms in total. The van der Waals surface area contributed by atoms with E-state index in [2.05, 4.69) is 31.3 Å². The number of amides is 1. The number of ether oxygens (including phenoxy) is 3. The van der Waals surface area contributed by atoms with Gasteiger partial charge in [0.15, 0.2) is 6.29 Å². The SMILES string of the molecule is CCCCCCC/C=C/CC/C=C/C(O)C(COC1OC(CO)C(O)C(O)C1O)NC(=O)CCCCCCCCCCCCCCCCOC(=O)CCCCCCCCCCCCC. The molecule has 7 atom stereocenters. The first kappa shape index (κ1) is 60.2. The zero-order valence-corrected chi connectivity index (χ0v) is 41.0. The van der Waals surface area contributed by atoms with Gasteiger partial charge in [-0.15, -0.1) is 0 Å². The van der Waals surface area contributed by atoms with Crippen molar-refractivity contribution in [1.29, 1.82) is 0 Å². The summed E-state index contributed by atoms with van der Waals surface area (Å²) in [5, 5.41) is 54.2. The number of allylic oxidation sites excluding steroid dienone is 3. The molecule has 0 aromatic rings. The van der Waals surface area contributed by atoms with Gasteiger partial charge in [0.25, 0.3) is 0 Å². The van der Waals surface area contributed by atoms with Crippen LogP contribution >= 0.6 is 0 Å². The number of hydrogen-bond acceptors (Lipinski definition) is 10. The molecule has 11 heteroatoms. The van der Waals surface area contributed by atoms with E-state index in [0.717, 1.165) is 70.6 Å².